The van der Waals surface area contributed by atoms with Gasteiger partial charge in [0.1, 0.15) is 0 Å². The van der Waals surface area contributed by atoms with E-state index in [1.54, 1.807) is 6.92 Å². The molecule has 0 aromatic heterocycles. The zero-order valence-corrected chi connectivity index (χ0v) is 9.40. The Morgan fingerprint density at radius 1 is 1.50 bits per heavy atom. The van der Waals surface area contributed by atoms with E-state index in [1.807, 2.05) is 0 Å². The molecule has 0 aromatic carbocycles. The van der Waals surface area contributed by atoms with Crippen LogP contribution in [0.1, 0.15) is 20.3 Å². The van der Waals surface area contributed by atoms with Gasteiger partial charge in [0.2, 0.25) is 0 Å². The van der Waals surface area contributed by atoms with Crippen LogP contribution in [-0.4, -0.2) is 34.9 Å². The van der Waals surface area contributed by atoms with E-state index >= 15 is 0 Å². The number of aliphatic hydroxyl groups is 1. The van der Waals surface area contributed by atoms with Crippen molar-refractivity contribution in [1.29, 1.82) is 0 Å². The van der Waals surface area contributed by atoms with Crippen LogP contribution >= 0.6 is 0 Å². The van der Waals surface area contributed by atoms with Gasteiger partial charge < -0.3 is 14.9 Å². The van der Waals surface area contributed by atoms with Gasteiger partial charge in [-0.15, -0.1) is 0 Å². The third kappa shape index (κ3) is 5.98. The molecule has 2 N–H and O–H groups in total. The number of carboxylic acids is 1. The van der Waals surface area contributed by atoms with Gasteiger partial charge >= 0.3 is 11.9 Å². The van der Waals surface area contributed by atoms with Crippen molar-refractivity contribution in [3.05, 3.63) is 23.8 Å². The van der Waals surface area contributed by atoms with Gasteiger partial charge in [0.05, 0.1) is 18.3 Å². The molecule has 16 heavy (non-hydrogen) atoms. The maximum atomic E-state index is 11.2. The number of hydrogen-bond donors (Lipinski definition) is 2. The number of ether oxygens (including phenoxy) is 1. The summed E-state index contributed by atoms with van der Waals surface area (Å²) < 4.78 is 4.76. The molecule has 0 heterocycles. The lowest BCUT2D eigenvalue weighted by molar-refractivity contribution is -0.139. The minimum absolute atomic E-state index is 0.0116. The minimum Gasteiger partial charge on any atom is -0.478 e. The highest BCUT2D eigenvalue weighted by Gasteiger charge is 2.09. The molecule has 0 bridgehead atoms. The third-order valence-electron chi connectivity index (χ3n) is 1.76. The molecule has 5 nitrogen and oxygen atoms in total. The summed E-state index contributed by atoms with van der Waals surface area (Å²) in [4.78, 5) is 21.7. The van der Waals surface area contributed by atoms with E-state index in [1.165, 1.54) is 6.92 Å². The summed E-state index contributed by atoms with van der Waals surface area (Å²) in [6.07, 6.45) is 0.936. The Kier molecular flexibility index (Phi) is 6.10. The van der Waals surface area contributed by atoms with Crippen LogP contribution < -0.4 is 0 Å². The van der Waals surface area contributed by atoms with Crippen molar-refractivity contribution in [2.75, 3.05) is 6.61 Å². The molecule has 0 radical (unpaired) electrons. The van der Waals surface area contributed by atoms with E-state index in [0.717, 1.165) is 6.08 Å². The van der Waals surface area contributed by atoms with E-state index in [-0.39, 0.29) is 17.8 Å². The first-order valence-electron chi connectivity index (χ1n) is 4.80. The fraction of sp³-hybridized carbons (Fsp3) is 0.455. The molecule has 0 aromatic rings. The second-order valence-electron chi connectivity index (χ2n) is 3.43. The number of esters is 1. The molecular weight excluding hydrogens is 212 g/mol. The topological polar surface area (TPSA) is 83.8 Å². The Bertz CT molecular complexity index is 314. The van der Waals surface area contributed by atoms with Crippen LogP contribution in [0, 0.1) is 0 Å². The van der Waals surface area contributed by atoms with Crippen molar-refractivity contribution in [2.45, 2.75) is 26.4 Å². The lowest BCUT2D eigenvalue weighted by Crippen LogP contribution is -2.12. The van der Waals surface area contributed by atoms with Crippen LogP contribution in [0.25, 0.3) is 0 Å². The fourth-order valence-electron chi connectivity index (χ4n) is 0.797. The summed E-state index contributed by atoms with van der Waals surface area (Å²) in [5.41, 5.74) is -0.0111. The third-order valence-corrected chi connectivity index (χ3v) is 1.76. The highest BCUT2D eigenvalue weighted by atomic mass is 16.5. The molecular formula is C11H16O5. The standard InChI is InChI=1S/C11H16O5/c1-7(10(13)14)6-8(2)11(15)16-5-4-9(3)12/h6,9,12H,2,4-5H2,1,3H3,(H,13,14). The van der Waals surface area contributed by atoms with Gasteiger partial charge in [0.25, 0.3) is 0 Å². The van der Waals surface area contributed by atoms with Gasteiger partial charge in [-0.1, -0.05) is 6.58 Å². The minimum atomic E-state index is -1.11. The first-order chi connectivity index (χ1) is 7.34. The predicted molar refractivity (Wildman–Crippen MR) is 57.8 cm³/mol. The van der Waals surface area contributed by atoms with E-state index in [4.69, 9.17) is 14.9 Å². The zero-order valence-electron chi connectivity index (χ0n) is 9.40. The van der Waals surface area contributed by atoms with E-state index in [2.05, 4.69) is 6.58 Å². The largest absolute Gasteiger partial charge is 0.478 e. The smallest absolute Gasteiger partial charge is 0.337 e. The maximum Gasteiger partial charge on any atom is 0.337 e. The molecule has 1 unspecified atom stereocenters. The number of carbonyl (C=O) groups excluding carboxylic acids is 1. The summed E-state index contributed by atoms with van der Waals surface area (Å²) in [5, 5.41) is 17.5. The molecule has 0 aliphatic rings. The van der Waals surface area contributed by atoms with Crippen molar-refractivity contribution < 1.29 is 24.5 Å². The van der Waals surface area contributed by atoms with Crippen molar-refractivity contribution >= 4 is 11.9 Å². The Hall–Kier alpha value is -1.62. The molecule has 0 aliphatic carbocycles. The van der Waals surface area contributed by atoms with Gasteiger partial charge in [-0.2, -0.15) is 0 Å². The quantitative estimate of drug-likeness (QED) is 0.400. The summed E-state index contributed by atoms with van der Waals surface area (Å²) in [6, 6.07) is 0. The molecule has 0 aliphatic heterocycles. The van der Waals surface area contributed by atoms with Crippen molar-refractivity contribution in [1.82, 2.24) is 0 Å². The summed E-state index contributed by atoms with van der Waals surface area (Å²) in [7, 11) is 0. The molecule has 90 valence electrons. The monoisotopic (exact) mass is 228 g/mol. The van der Waals surface area contributed by atoms with Crippen LogP contribution in [0.2, 0.25) is 0 Å². The SMILES string of the molecule is C=C(C=C(C)C(=O)O)C(=O)OCCC(C)O. The van der Waals surface area contributed by atoms with E-state index in [9.17, 15) is 9.59 Å². The molecule has 0 amide bonds. The Labute approximate surface area is 94.0 Å². The van der Waals surface area contributed by atoms with Crippen molar-refractivity contribution in [2.24, 2.45) is 0 Å². The second kappa shape index (κ2) is 6.79. The molecule has 0 rings (SSSR count). The van der Waals surface area contributed by atoms with E-state index in [0.29, 0.717) is 6.42 Å². The van der Waals surface area contributed by atoms with Gasteiger partial charge in [-0.05, 0) is 19.9 Å². The van der Waals surface area contributed by atoms with Gasteiger partial charge in [0, 0.05) is 12.0 Å². The van der Waals surface area contributed by atoms with Crippen LogP contribution in [0.15, 0.2) is 23.8 Å². The molecule has 0 spiro atoms. The van der Waals surface area contributed by atoms with Crippen LogP contribution in [0.4, 0.5) is 0 Å². The lowest BCUT2D eigenvalue weighted by Gasteiger charge is -2.06. The average Bonchev–Trinajstić information content (AvgIpc) is 2.16. The van der Waals surface area contributed by atoms with Crippen LogP contribution in [0.3, 0.4) is 0 Å². The number of rotatable bonds is 6. The summed E-state index contributed by atoms with van der Waals surface area (Å²) >= 11 is 0. The van der Waals surface area contributed by atoms with E-state index < -0.39 is 18.0 Å². The zero-order chi connectivity index (χ0) is 12.7. The van der Waals surface area contributed by atoms with Crippen molar-refractivity contribution in [3.8, 4) is 0 Å². The van der Waals surface area contributed by atoms with Gasteiger partial charge in [0.15, 0.2) is 0 Å². The lowest BCUT2D eigenvalue weighted by atomic mass is 10.2. The number of aliphatic carboxylic acids is 1. The molecule has 1 atom stereocenters. The highest BCUT2D eigenvalue weighted by molar-refractivity contribution is 5.94. The first kappa shape index (κ1) is 14.4. The summed E-state index contributed by atoms with van der Waals surface area (Å²) in [5.74, 6) is -1.79. The van der Waals surface area contributed by atoms with Gasteiger partial charge in [-0.25, -0.2) is 9.59 Å². The molecule has 0 fully saturated rings. The van der Waals surface area contributed by atoms with Crippen molar-refractivity contribution in [3.63, 3.8) is 0 Å². The van der Waals surface area contributed by atoms with Crippen LogP contribution in [0.5, 0.6) is 0 Å². The molecule has 0 saturated carbocycles. The fourth-order valence-corrected chi connectivity index (χ4v) is 0.797. The highest BCUT2D eigenvalue weighted by Crippen LogP contribution is 2.03. The molecule has 0 saturated heterocycles. The second-order valence-corrected chi connectivity index (χ2v) is 3.43. The predicted octanol–water partition coefficient (Wildman–Crippen LogP) is 0.888. The Balaban J connectivity index is 4.15. The number of aliphatic hydroxyl groups excluding tert-OH is 1. The Morgan fingerprint density at radius 2 is 2.06 bits per heavy atom. The van der Waals surface area contributed by atoms with Gasteiger partial charge in [-0.3, -0.25) is 0 Å². The average molecular weight is 228 g/mol. The molecule has 5 heteroatoms. The number of carboxylic acid groups (broad SMARTS) is 1. The first-order valence-corrected chi connectivity index (χ1v) is 4.80. The Morgan fingerprint density at radius 3 is 2.50 bits per heavy atom. The normalized spacial score (nSPS) is 13.1. The number of hydrogen-bond acceptors (Lipinski definition) is 4. The number of carbonyl (C=O) groups is 2. The summed E-state index contributed by atoms with van der Waals surface area (Å²) in [6.45, 7) is 6.42. The maximum absolute atomic E-state index is 11.2. The van der Waals surface area contributed by atoms with Crippen LogP contribution in [-0.2, 0) is 14.3 Å².